The van der Waals surface area contributed by atoms with E-state index < -0.39 is 0 Å². The molecule has 1 amide bonds. The second kappa shape index (κ2) is 6.93. The van der Waals surface area contributed by atoms with Crippen LogP contribution >= 0.6 is 11.3 Å². The van der Waals surface area contributed by atoms with Crippen molar-refractivity contribution >= 4 is 17.2 Å². The molecule has 7 heteroatoms. The first-order valence-electron chi connectivity index (χ1n) is 6.55. The highest BCUT2D eigenvalue weighted by molar-refractivity contribution is 7.11. The van der Waals surface area contributed by atoms with E-state index in [1.807, 2.05) is 0 Å². The standard InChI is InChI=1S/C12H20N4O2S/c1-8(2)12-16-15-11(19-12)6-14-10(17)5-9-7-18-4-3-13-9/h8-9,13H,3-7H2,1-2H3,(H,14,17). The third-order valence-electron chi connectivity index (χ3n) is 2.84. The molecule has 0 radical (unpaired) electrons. The van der Waals surface area contributed by atoms with Gasteiger partial charge in [-0.1, -0.05) is 25.2 Å². The highest BCUT2D eigenvalue weighted by Crippen LogP contribution is 2.18. The van der Waals surface area contributed by atoms with Crippen LogP contribution in [0.15, 0.2) is 0 Å². The number of amides is 1. The van der Waals surface area contributed by atoms with Gasteiger partial charge in [-0.25, -0.2) is 0 Å². The highest BCUT2D eigenvalue weighted by atomic mass is 32.1. The van der Waals surface area contributed by atoms with Gasteiger partial charge in [0.05, 0.1) is 19.8 Å². The van der Waals surface area contributed by atoms with Crippen molar-refractivity contribution in [2.75, 3.05) is 19.8 Å². The molecular weight excluding hydrogens is 264 g/mol. The van der Waals surface area contributed by atoms with Crippen LogP contribution in [0.1, 0.15) is 36.2 Å². The van der Waals surface area contributed by atoms with Crippen molar-refractivity contribution in [1.29, 1.82) is 0 Å². The van der Waals surface area contributed by atoms with Gasteiger partial charge in [-0.05, 0) is 0 Å². The molecular formula is C12H20N4O2S. The fourth-order valence-electron chi connectivity index (χ4n) is 1.79. The van der Waals surface area contributed by atoms with Gasteiger partial charge in [-0.3, -0.25) is 4.79 Å². The van der Waals surface area contributed by atoms with E-state index in [9.17, 15) is 4.79 Å². The Morgan fingerprint density at radius 2 is 2.42 bits per heavy atom. The molecule has 0 aliphatic carbocycles. The van der Waals surface area contributed by atoms with Gasteiger partial charge in [0.1, 0.15) is 10.0 Å². The summed E-state index contributed by atoms with van der Waals surface area (Å²) in [5.41, 5.74) is 0. The summed E-state index contributed by atoms with van der Waals surface area (Å²) >= 11 is 1.55. The predicted octanol–water partition coefficient (Wildman–Crippen LogP) is 0.656. The summed E-state index contributed by atoms with van der Waals surface area (Å²) in [5, 5.41) is 16.1. The molecule has 2 N–H and O–H groups in total. The SMILES string of the molecule is CC(C)c1nnc(CNC(=O)CC2COCCN2)s1. The lowest BCUT2D eigenvalue weighted by Crippen LogP contribution is -2.44. The van der Waals surface area contributed by atoms with Gasteiger partial charge in [0, 0.05) is 24.9 Å². The number of ether oxygens (including phenoxy) is 1. The largest absolute Gasteiger partial charge is 0.378 e. The molecule has 0 aromatic carbocycles. The molecule has 106 valence electrons. The zero-order valence-electron chi connectivity index (χ0n) is 11.3. The second-order valence-corrected chi connectivity index (χ2v) is 5.99. The summed E-state index contributed by atoms with van der Waals surface area (Å²) in [6.07, 6.45) is 0.440. The minimum atomic E-state index is 0.0179. The lowest BCUT2D eigenvalue weighted by atomic mass is 10.2. The summed E-state index contributed by atoms with van der Waals surface area (Å²) in [4.78, 5) is 11.8. The fourth-order valence-corrected chi connectivity index (χ4v) is 2.58. The normalized spacial score (nSPS) is 19.6. The zero-order chi connectivity index (χ0) is 13.7. The number of rotatable bonds is 5. The fraction of sp³-hybridized carbons (Fsp3) is 0.750. The van der Waals surface area contributed by atoms with Crippen molar-refractivity contribution < 1.29 is 9.53 Å². The van der Waals surface area contributed by atoms with E-state index in [0.717, 1.165) is 23.2 Å². The lowest BCUT2D eigenvalue weighted by molar-refractivity contribution is -0.122. The quantitative estimate of drug-likeness (QED) is 0.830. The van der Waals surface area contributed by atoms with Crippen LogP contribution in [0, 0.1) is 0 Å². The Balaban J connectivity index is 1.73. The predicted molar refractivity (Wildman–Crippen MR) is 73.1 cm³/mol. The number of nitrogens with zero attached hydrogens (tertiary/aromatic N) is 2. The van der Waals surface area contributed by atoms with Crippen molar-refractivity contribution in [3.8, 4) is 0 Å². The molecule has 2 heterocycles. The monoisotopic (exact) mass is 284 g/mol. The molecule has 6 nitrogen and oxygen atoms in total. The Morgan fingerprint density at radius 1 is 1.58 bits per heavy atom. The average molecular weight is 284 g/mol. The first-order valence-corrected chi connectivity index (χ1v) is 7.37. The van der Waals surface area contributed by atoms with Crippen molar-refractivity contribution in [2.24, 2.45) is 0 Å². The van der Waals surface area contributed by atoms with E-state index in [-0.39, 0.29) is 11.9 Å². The molecule has 1 aromatic heterocycles. The van der Waals surface area contributed by atoms with Gasteiger partial charge in [-0.2, -0.15) is 0 Å². The Bertz CT molecular complexity index is 416. The number of hydrogen-bond donors (Lipinski definition) is 2. The van der Waals surface area contributed by atoms with Gasteiger partial charge in [0.2, 0.25) is 5.91 Å². The lowest BCUT2D eigenvalue weighted by Gasteiger charge is -2.23. The summed E-state index contributed by atoms with van der Waals surface area (Å²) in [5.74, 6) is 0.398. The smallest absolute Gasteiger partial charge is 0.222 e. The van der Waals surface area contributed by atoms with E-state index >= 15 is 0 Å². The zero-order valence-corrected chi connectivity index (χ0v) is 12.1. The van der Waals surface area contributed by atoms with Gasteiger partial charge >= 0.3 is 0 Å². The molecule has 0 spiro atoms. The number of nitrogens with one attached hydrogen (secondary N) is 2. The van der Waals surface area contributed by atoms with Crippen LogP contribution in [0.4, 0.5) is 0 Å². The van der Waals surface area contributed by atoms with Crippen LogP contribution in [-0.4, -0.2) is 41.9 Å². The maximum Gasteiger partial charge on any atom is 0.222 e. The maximum absolute atomic E-state index is 11.8. The third kappa shape index (κ3) is 4.52. The van der Waals surface area contributed by atoms with Crippen LogP contribution in [0.5, 0.6) is 0 Å². The van der Waals surface area contributed by atoms with Crippen LogP contribution < -0.4 is 10.6 Å². The highest BCUT2D eigenvalue weighted by Gasteiger charge is 2.17. The van der Waals surface area contributed by atoms with Crippen molar-refractivity contribution in [1.82, 2.24) is 20.8 Å². The third-order valence-corrected chi connectivity index (χ3v) is 4.07. The van der Waals surface area contributed by atoms with Gasteiger partial charge in [-0.15, -0.1) is 10.2 Å². The van der Waals surface area contributed by atoms with Crippen LogP contribution in [0.25, 0.3) is 0 Å². The van der Waals surface area contributed by atoms with Crippen molar-refractivity contribution in [2.45, 2.75) is 38.8 Å². The van der Waals surface area contributed by atoms with E-state index in [0.29, 0.717) is 25.5 Å². The molecule has 1 aliphatic rings. The molecule has 1 unspecified atom stereocenters. The van der Waals surface area contributed by atoms with Crippen molar-refractivity contribution in [3.05, 3.63) is 10.0 Å². The van der Waals surface area contributed by atoms with Crippen LogP contribution in [-0.2, 0) is 16.1 Å². The Labute approximate surface area is 116 Å². The van der Waals surface area contributed by atoms with Gasteiger partial charge in [0.15, 0.2) is 0 Å². The summed E-state index contributed by atoms with van der Waals surface area (Å²) in [6, 6.07) is 0.120. The summed E-state index contributed by atoms with van der Waals surface area (Å²) in [7, 11) is 0. The summed E-state index contributed by atoms with van der Waals surface area (Å²) < 4.78 is 5.31. The average Bonchev–Trinajstić information content (AvgIpc) is 2.86. The minimum absolute atomic E-state index is 0.0179. The first-order chi connectivity index (χ1) is 9.15. The molecule has 0 saturated carbocycles. The molecule has 0 bridgehead atoms. The van der Waals surface area contributed by atoms with E-state index in [2.05, 4.69) is 34.7 Å². The van der Waals surface area contributed by atoms with Crippen LogP contribution in [0.3, 0.4) is 0 Å². The topological polar surface area (TPSA) is 76.1 Å². The van der Waals surface area contributed by atoms with E-state index in [1.54, 1.807) is 11.3 Å². The number of morpholine rings is 1. The van der Waals surface area contributed by atoms with Gasteiger partial charge in [0.25, 0.3) is 0 Å². The molecule has 1 aromatic rings. The second-order valence-electron chi connectivity index (χ2n) is 4.90. The number of carbonyl (C=O) groups excluding carboxylic acids is 1. The Kier molecular flexibility index (Phi) is 5.24. The van der Waals surface area contributed by atoms with Gasteiger partial charge < -0.3 is 15.4 Å². The van der Waals surface area contributed by atoms with E-state index in [4.69, 9.17) is 4.74 Å². The molecule has 2 rings (SSSR count). The summed E-state index contributed by atoms with van der Waals surface area (Å²) in [6.45, 7) is 6.75. The molecule has 19 heavy (non-hydrogen) atoms. The van der Waals surface area contributed by atoms with Crippen LogP contribution in [0.2, 0.25) is 0 Å². The van der Waals surface area contributed by atoms with Crippen molar-refractivity contribution in [3.63, 3.8) is 0 Å². The number of aromatic nitrogens is 2. The first kappa shape index (κ1) is 14.4. The Morgan fingerprint density at radius 3 is 3.05 bits per heavy atom. The molecule has 1 aliphatic heterocycles. The maximum atomic E-state index is 11.8. The minimum Gasteiger partial charge on any atom is -0.378 e. The number of hydrogen-bond acceptors (Lipinski definition) is 6. The molecule has 1 saturated heterocycles. The van der Waals surface area contributed by atoms with E-state index in [1.165, 1.54) is 0 Å². The molecule has 1 atom stereocenters. The Hall–Kier alpha value is -1.05. The number of carbonyl (C=O) groups is 1. The molecule has 1 fully saturated rings.